The first kappa shape index (κ1) is 18.8. The third kappa shape index (κ3) is 5.48. The Morgan fingerprint density at radius 2 is 1.81 bits per heavy atom. The van der Waals surface area contributed by atoms with Crippen LogP contribution in [0.3, 0.4) is 0 Å². The number of nitrogens with one attached hydrogen (secondary N) is 1. The van der Waals surface area contributed by atoms with Crippen LogP contribution in [0.25, 0.3) is 0 Å². The maximum Gasteiger partial charge on any atom is 0.410 e. The van der Waals surface area contributed by atoms with Crippen LogP contribution in [0.1, 0.15) is 28.8 Å². The molecule has 2 aromatic rings. The van der Waals surface area contributed by atoms with Crippen LogP contribution in [0, 0.1) is 5.92 Å². The van der Waals surface area contributed by atoms with Crippen LogP contribution in [0.15, 0.2) is 54.6 Å². The highest BCUT2D eigenvalue weighted by Gasteiger charge is 2.24. The van der Waals surface area contributed by atoms with Crippen molar-refractivity contribution in [2.75, 3.05) is 19.6 Å². The highest BCUT2D eigenvalue weighted by atomic mass is 16.6. The maximum atomic E-state index is 12.2. The Morgan fingerprint density at radius 1 is 1.07 bits per heavy atom. The molecule has 0 aliphatic carbocycles. The highest BCUT2D eigenvalue weighted by Crippen LogP contribution is 2.18. The van der Waals surface area contributed by atoms with Crippen molar-refractivity contribution in [3.05, 3.63) is 65.7 Å². The Bertz CT molecular complexity index is 771. The standard InChI is InChI=1S/C21H24N2O4/c24-19-8-4-7-18(13-19)20(25)22-14-16-9-11-23(12-10-16)21(26)27-15-17-5-2-1-3-6-17/h1-8,13,16,24H,9-12,14-15H2,(H,22,25). The molecule has 1 fully saturated rings. The number of carbonyl (C=O) groups excluding carboxylic acids is 2. The zero-order valence-electron chi connectivity index (χ0n) is 15.1. The van der Waals surface area contributed by atoms with E-state index in [9.17, 15) is 14.7 Å². The predicted molar refractivity (Wildman–Crippen MR) is 101 cm³/mol. The Morgan fingerprint density at radius 3 is 2.52 bits per heavy atom. The Hall–Kier alpha value is -3.02. The number of rotatable bonds is 5. The normalized spacial score (nSPS) is 14.6. The lowest BCUT2D eigenvalue weighted by Gasteiger charge is -2.31. The number of piperidine rings is 1. The summed E-state index contributed by atoms with van der Waals surface area (Å²) >= 11 is 0. The van der Waals surface area contributed by atoms with Gasteiger partial charge in [-0.25, -0.2) is 4.79 Å². The summed E-state index contributed by atoms with van der Waals surface area (Å²) in [6.45, 7) is 2.08. The van der Waals surface area contributed by atoms with Gasteiger partial charge in [0.25, 0.3) is 5.91 Å². The van der Waals surface area contributed by atoms with Crippen LogP contribution < -0.4 is 5.32 Å². The molecule has 0 bridgehead atoms. The summed E-state index contributed by atoms with van der Waals surface area (Å²) in [5.74, 6) is 0.199. The van der Waals surface area contributed by atoms with Gasteiger partial charge in [0.15, 0.2) is 0 Å². The lowest BCUT2D eigenvalue weighted by molar-refractivity contribution is 0.0801. The fourth-order valence-corrected chi connectivity index (χ4v) is 3.12. The molecule has 0 atom stereocenters. The Kier molecular flexibility index (Phi) is 6.30. The molecule has 6 heteroatoms. The van der Waals surface area contributed by atoms with Crippen molar-refractivity contribution in [2.45, 2.75) is 19.4 Å². The van der Waals surface area contributed by atoms with Gasteiger partial charge in [-0.05, 0) is 42.5 Å². The van der Waals surface area contributed by atoms with Crippen LogP contribution in [-0.2, 0) is 11.3 Å². The van der Waals surface area contributed by atoms with Gasteiger partial charge in [-0.1, -0.05) is 36.4 Å². The number of hydrogen-bond donors (Lipinski definition) is 2. The summed E-state index contributed by atoms with van der Waals surface area (Å²) in [5.41, 5.74) is 1.41. The largest absolute Gasteiger partial charge is 0.508 e. The second-order valence-corrected chi connectivity index (χ2v) is 6.73. The summed E-state index contributed by atoms with van der Waals surface area (Å²) in [5, 5.41) is 12.3. The van der Waals surface area contributed by atoms with Crippen molar-refractivity contribution in [1.82, 2.24) is 10.2 Å². The van der Waals surface area contributed by atoms with Crippen LogP contribution in [0.5, 0.6) is 5.75 Å². The average Bonchev–Trinajstić information content (AvgIpc) is 2.71. The quantitative estimate of drug-likeness (QED) is 0.850. The molecule has 1 heterocycles. The number of phenols is 1. The Balaban J connectivity index is 1.38. The first-order valence-corrected chi connectivity index (χ1v) is 9.14. The van der Waals surface area contributed by atoms with E-state index in [0.29, 0.717) is 31.1 Å². The van der Waals surface area contributed by atoms with Crippen molar-refractivity contribution in [3.63, 3.8) is 0 Å². The molecule has 6 nitrogen and oxygen atoms in total. The van der Waals surface area contributed by atoms with E-state index in [1.165, 1.54) is 12.1 Å². The molecule has 0 aromatic heterocycles. The van der Waals surface area contributed by atoms with Crippen LogP contribution >= 0.6 is 0 Å². The topological polar surface area (TPSA) is 78.9 Å². The monoisotopic (exact) mass is 368 g/mol. The van der Waals surface area contributed by atoms with E-state index in [2.05, 4.69) is 5.32 Å². The van der Waals surface area contributed by atoms with Crippen LogP contribution in [0.2, 0.25) is 0 Å². The molecular weight excluding hydrogens is 344 g/mol. The minimum absolute atomic E-state index is 0.0740. The van der Waals surface area contributed by atoms with Crippen molar-refractivity contribution >= 4 is 12.0 Å². The summed E-state index contributed by atoms with van der Waals surface area (Å²) < 4.78 is 5.36. The van der Waals surface area contributed by atoms with Crippen LogP contribution in [0.4, 0.5) is 4.79 Å². The summed E-state index contributed by atoms with van der Waals surface area (Å²) in [6, 6.07) is 15.9. The molecule has 2 N–H and O–H groups in total. The Labute approximate surface area is 158 Å². The third-order valence-corrected chi connectivity index (χ3v) is 4.74. The summed E-state index contributed by atoms with van der Waals surface area (Å²) in [4.78, 5) is 26.0. The molecule has 0 radical (unpaired) electrons. The molecule has 0 spiro atoms. The second-order valence-electron chi connectivity index (χ2n) is 6.73. The second kappa shape index (κ2) is 9.07. The van der Waals surface area contributed by atoms with Gasteiger partial charge in [0.2, 0.25) is 0 Å². The fourth-order valence-electron chi connectivity index (χ4n) is 3.12. The number of hydrogen-bond acceptors (Lipinski definition) is 4. The van der Waals surface area contributed by atoms with E-state index in [1.54, 1.807) is 17.0 Å². The smallest absolute Gasteiger partial charge is 0.410 e. The van der Waals surface area contributed by atoms with E-state index >= 15 is 0 Å². The van der Waals surface area contributed by atoms with Gasteiger partial charge >= 0.3 is 6.09 Å². The first-order chi connectivity index (χ1) is 13.1. The molecule has 1 saturated heterocycles. The molecule has 0 unspecified atom stereocenters. The summed E-state index contributed by atoms with van der Waals surface area (Å²) in [7, 11) is 0. The number of carbonyl (C=O) groups is 2. The maximum absolute atomic E-state index is 12.2. The number of nitrogens with zero attached hydrogens (tertiary/aromatic N) is 1. The van der Waals surface area contributed by atoms with Gasteiger partial charge in [0, 0.05) is 25.2 Å². The van der Waals surface area contributed by atoms with Crippen molar-refractivity contribution in [1.29, 1.82) is 0 Å². The van der Waals surface area contributed by atoms with Gasteiger partial charge in [-0.3, -0.25) is 4.79 Å². The van der Waals surface area contributed by atoms with Crippen molar-refractivity contribution < 1.29 is 19.4 Å². The SMILES string of the molecule is O=C(NCC1CCN(C(=O)OCc2ccccc2)CC1)c1cccc(O)c1. The predicted octanol–water partition coefficient (Wildman–Crippen LogP) is 3.17. The number of benzene rings is 2. The number of amides is 2. The lowest BCUT2D eigenvalue weighted by Crippen LogP contribution is -2.41. The zero-order chi connectivity index (χ0) is 19.1. The molecule has 0 saturated carbocycles. The van der Waals surface area contributed by atoms with E-state index < -0.39 is 0 Å². The van der Waals surface area contributed by atoms with Gasteiger partial charge in [0.05, 0.1) is 0 Å². The first-order valence-electron chi connectivity index (χ1n) is 9.14. The molecule has 2 amide bonds. The third-order valence-electron chi connectivity index (χ3n) is 4.74. The molecule has 2 aromatic carbocycles. The van der Waals surface area contributed by atoms with Gasteiger partial charge in [0.1, 0.15) is 12.4 Å². The zero-order valence-corrected chi connectivity index (χ0v) is 15.1. The molecule has 1 aliphatic rings. The van der Waals surface area contributed by atoms with E-state index in [1.807, 2.05) is 30.3 Å². The van der Waals surface area contributed by atoms with Crippen molar-refractivity contribution in [2.24, 2.45) is 5.92 Å². The number of aromatic hydroxyl groups is 1. The minimum Gasteiger partial charge on any atom is -0.508 e. The molecule has 3 rings (SSSR count). The average molecular weight is 368 g/mol. The molecule has 27 heavy (non-hydrogen) atoms. The van der Waals surface area contributed by atoms with Crippen LogP contribution in [-0.4, -0.2) is 41.6 Å². The number of phenolic OH excluding ortho intramolecular Hbond substituents is 1. The highest BCUT2D eigenvalue weighted by molar-refractivity contribution is 5.94. The molecular formula is C21H24N2O4. The van der Waals surface area contributed by atoms with Gasteiger partial charge in [-0.15, -0.1) is 0 Å². The molecule has 142 valence electrons. The van der Waals surface area contributed by atoms with E-state index in [4.69, 9.17) is 4.74 Å². The lowest BCUT2D eigenvalue weighted by atomic mass is 9.97. The summed E-state index contributed by atoms with van der Waals surface area (Å²) in [6.07, 6.45) is 1.35. The number of ether oxygens (including phenoxy) is 1. The number of likely N-dealkylation sites (tertiary alicyclic amines) is 1. The van der Waals surface area contributed by atoms with Gasteiger partial charge in [-0.2, -0.15) is 0 Å². The van der Waals surface area contributed by atoms with E-state index in [-0.39, 0.29) is 24.4 Å². The minimum atomic E-state index is -0.291. The molecule has 1 aliphatic heterocycles. The van der Waals surface area contributed by atoms with E-state index in [0.717, 1.165) is 18.4 Å². The van der Waals surface area contributed by atoms with Crippen molar-refractivity contribution in [3.8, 4) is 5.75 Å². The fraction of sp³-hybridized carbons (Fsp3) is 0.333. The van der Waals surface area contributed by atoms with Gasteiger partial charge < -0.3 is 20.1 Å².